The fourth-order valence-electron chi connectivity index (χ4n) is 1.65. The Morgan fingerprint density at radius 2 is 1.94 bits per heavy atom. The standard InChI is InChI=1S/C14H20ClNO2/c1-10(2)8-9-14(3,13(17)18)16-12-6-4-11(15)5-7-12/h4-7,10,16H,8-9H2,1-3H3,(H,17,18). The summed E-state index contributed by atoms with van der Waals surface area (Å²) in [5, 5.41) is 13.1. The minimum absolute atomic E-state index is 0.482. The Bertz CT molecular complexity index is 403. The lowest BCUT2D eigenvalue weighted by molar-refractivity contribution is -0.142. The fourth-order valence-corrected chi connectivity index (χ4v) is 1.78. The van der Waals surface area contributed by atoms with E-state index in [0.29, 0.717) is 17.4 Å². The summed E-state index contributed by atoms with van der Waals surface area (Å²) in [6.07, 6.45) is 1.45. The lowest BCUT2D eigenvalue weighted by Crippen LogP contribution is -2.43. The third-order valence-corrected chi connectivity index (χ3v) is 3.21. The number of aliphatic carboxylic acids is 1. The Balaban J connectivity index is 2.79. The summed E-state index contributed by atoms with van der Waals surface area (Å²) >= 11 is 5.80. The number of carbonyl (C=O) groups is 1. The van der Waals surface area contributed by atoms with Crippen LogP contribution in [0.15, 0.2) is 24.3 Å². The van der Waals surface area contributed by atoms with Gasteiger partial charge in [-0.15, -0.1) is 0 Å². The van der Waals surface area contributed by atoms with Crippen molar-refractivity contribution in [1.29, 1.82) is 0 Å². The smallest absolute Gasteiger partial charge is 0.329 e. The molecule has 0 bridgehead atoms. The number of anilines is 1. The van der Waals surface area contributed by atoms with Crippen LogP contribution in [-0.4, -0.2) is 16.6 Å². The van der Waals surface area contributed by atoms with E-state index in [1.807, 2.05) is 0 Å². The third-order valence-electron chi connectivity index (χ3n) is 2.96. The quantitative estimate of drug-likeness (QED) is 0.820. The summed E-state index contributed by atoms with van der Waals surface area (Å²) in [5.74, 6) is -0.353. The van der Waals surface area contributed by atoms with Crippen LogP contribution in [0.1, 0.15) is 33.6 Å². The van der Waals surface area contributed by atoms with Crippen LogP contribution in [0, 0.1) is 5.92 Å². The van der Waals surface area contributed by atoms with E-state index in [4.69, 9.17) is 11.6 Å². The van der Waals surface area contributed by atoms with E-state index < -0.39 is 11.5 Å². The van der Waals surface area contributed by atoms with E-state index in [-0.39, 0.29) is 0 Å². The molecule has 0 radical (unpaired) electrons. The Morgan fingerprint density at radius 3 is 2.39 bits per heavy atom. The van der Waals surface area contributed by atoms with Crippen molar-refractivity contribution in [3.63, 3.8) is 0 Å². The molecular weight excluding hydrogens is 250 g/mol. The number of rotatable bonds is 6. The summed E-state index contributed by atoms with van der Waals surface area (Å²) in [4.78, 5) is 11.4. The minimum Gasteiger partial charge on any atom is -0.480 e. The second-order valence-electron chi connectivity index (χ2n) is 5.20. The van der Waals surface area contributed by atoms with Crippen molar-refractivity contribution < 1.29 is 9.90 Å². The van der Waals surface area contributed by atoms with E-state index in [2.05, 4.69) is 19.2 Å². The van der Waals surface area contributed by atoms with Crippen molar-refractivity contribution in [2.75, 3.05) is 5.32 Å². The SMILES string of the molecule is CC(C)CCC(C)(Nc1ccc(Cl)cc1)C(=O)O. The van der Waals surface area contributed by atoms with Crippen molar-refractivity contribution in [3.05, 3.63) is 29.3 Å². The number of halogens is 1. The second-order valence-corrected chi connectivity index (χ2v) is 5.64. The second kappa shape index (κ2) is 6.10. The molecule has 1 aromatic rings. The lowest BCUT2D eigenvalue weighted by Gasteiger charge is -2.28. The zero-order valence-electron chi connectivity index (χ0n) is 11.0. The Kier molecular flexibility index (Phi) is 5.03. The fraction of sp³-hybridized carbons (Fsp3) is 0.500. The molecule has 0 spiro atoms. The van der Waals surface area contributed by atoms with E-state index in [1.54, 1.807) is 31.2 Å². The largest absolute Gasteiger partial charge is 0.480 e. The molecule has 0 aliphatic rings. The number of carboxylic acids is 1. The molecular formula is C14H20ClNO2. The molecule has 1 rings (SSSR count). The lowest BCUT2D eigenvalue weighted by atomic mass is 9.91. The van der Waals surface area contributed by atoms with Crippen molar-refractivity contribution in [3.8, 4) is 0 Å². The number of hydrogen-bond acceptors (Lipinski definition) is 2. The first kappa shape index (κ1) is 14.8. The maximum Gasteiger partial charge on any atom is 0.329 e. The molecule has 0 heterocycles. The van der Waals surface area contributed by atoms with Crippen LogP contribution in [0.5, 0.6) is 0 Å². The van der Waals surface area contributed by atoms with Gasteiger partial charge in [-0.25, -0.2) is 4.79 Å². The number of hydrogen-bond donors (Lipinski definition) is 2. The number of carboxylic acid groups (broad SMARTS) is 1. The molecule has 1 aromatic carbocycles. The highest BCUT2D eigenvalue weighted by molar-refractivity contribution is 6.30. The van der Waals surface area contributed by atoms with Gasteiger partial charge in [0.05, 0.1) is 0 Å². The average molecular weight is 270 g/mol. The molecule has 1 atom stereocenters. The van der Waals surface area contributed by atoms with Gasteiger partial charge in [0.15, 0.2) is 0 Å². The molecule has 0 aliphatic carbocycles. The van der Waals surface area contributed by atoms with Gasteiger partial charge in [0.25, 0.3) is 0 Å². The van der Waals surface area contributed by atoms with E-state index in [1.165, 1.54) is 0 Å². The van der Waals surface area contributed by atoms with Crippen LogP contribution >= 0.6 is 11.6 Å². The van der Waals surface area contributed by atoms with Gasteiger partial charge in [0.2, 0.25) is 0 Å². The molecule has 2 N–H and O–H groups in total. The molecule has 0 fully saturated rings. The van der Waals surface area contributed by atoms with Gasteiger partial charge in [0.1, 0.15) is 5.54 Å². The normalized spacial score (nSPS) is 14.3. The van der Waals surface area contributed by atoms with Crippen LogP contribution < -0.4 is 5.32 Å². The number of nitrogens with one attached hydrogen (secondary N) is 1. The molecule has 1 unspecified atom stereocenters. The third kappa shape index (κ3) is 4.22. The minimum atomic E-state index is -0.946. The highest BCUT2D eigenvalue weighted by atomic mass is 35.5. The molecule has 18 heavy (non-hydrogen) atoms. The van der Waals surface area contributed by atoms with Crippen molar-refractivity contribution >= 4 is 23.3 Å². The molecule has 4 heteroatoms. The van der Waals surface area contributed by atoms with E-state index in [0.717, 1.165) is 12.1 Å². The molecule has 0 amide bonds. The molecule has 3 nitrogen and oxygen atoms in total. The maximum absolute atomic E-state index is 11.4. The van der Waals surface area contributed by atoms with E-state index >= 15 is 0 Å². The van der Waals surface area contributed by atoms with Crippen molar-refractivity contribution in [2.24, 2.45) is 5.92 Å². The molecule has 0 aromatic heterocycles. The Labute approximate surface area is 113 Å². The summed E-state index contributed by atoms with van der Waals surface area (Å²) in [6, 6.07) is 7.07. The van der Waals surface area contributed by atoms with E-state index in [9.17, 15) is 9.90 Å². The van der Waals surface area contributed by atoms with Gasteiger partial charge in [-0.05, 0) is 49.9 Å². The molecule has 100 valence electrons. The van der Waals surface area contributed by atoms with Crippen LogP contribution in [0.2, 0.25) is 5.02 Å². The first-order valence-electron chi connectivity index (χ1n) is 6.10. The topological polar surface area (TPSA) is 49.3 Å². The van der Waals surface area contributed by atoms with Gasteiger partial charge in [-0.2, -0.15) is 0 Å². The summed E-state index contributed by atoms with van der Waals surface area (Å²) in [6.45, 7) is 5.89. The zero-order chi connectivity index (χ0) is 13.8. The van der Waals surface area contributed by atoms with Gasteiger partial charge in [0, 0.05) is 10.7 Å². The van der Waals surface area contributed by atoms with Crippen LogP contribution in [0.25, 0.3) is 0 Å². The van der Waals surface area contributed by atoms with Gasteiger partial charge in [-0.1, -0.05) is 25.4 Å². The predicted molar refractivity (Wildman–Crippen MR) is 75.2 cm³/mol. The average Bonchev–Trinajstić information content (AvgIpc) is 2.29. The Morgan fingerprint density at radius 1 is 1.39 bits per heavy atom. The zero-order valence-corrected chi connectivity index (χ0v) is 11.8. The molecule has 0 saturated carbocycles. The van der Waals surface area contributed by atoms with Crippen LogP contribution in [0.4, 0.5) is 5.69 Å². The predicted octanol–water partition coefficient (Wildman–Crippen LogP) is 4.03. The molecule has 0 aliphatic heterocycles. The molecule has 0 saturated heterocycles. The first-order valence-corrected chi connectivity index (χ1v) is 6.48. The summed E-state index contributed by atoms with van der Waals surface area (Å²) < 4.78 is 0. The highest BCUT2D eigenvalue weighted by Crippen LogP contribution is 2.23. The van der Waals surface area contributed by atoms with Crippen LogP contribution in [-0.2, 0) is 4.79 Å². The highest BCUT2D eigenvalue weighted by Gasteiger charge is 2.32. The van der Waals surface area contributed by atoms with Gasteiger partial charge >= 0.3 is 5.97 Å². The van der Waals surface area contributed by atoms with Crippen LogP contribution in [0.3, 0.4) is 0 Å². The van der Waals surface area contributed by atoms with Crippen molar-refractivity contribution in [2.45, 2.75) is 39.2 Å². The summed E-state index contributed by atoms with van der Waals surface area (Å²) in [5.41, 5.74) is -0.175. The summed E-state index contributed by atoms with van der Waals surface area (Å²) in [7, 11) is 0. The Hall–Kier alpha value is -1.22. The van der Waals surface area contributed by atoms with Crippen molar-refractivity contribution in [1.82, 2.24) is 0 Å². The monoisotopic (exact) mass is 269 g/mol. The first-order chi connectivity index (χ1) is 8.33. The van der Waals surface area contributed by atoms with Gasteiger partial charge in [-0.3, -0.25) is 0 Å². The maximum atomic E-state index is 11.4. The number of benzene rings is 1. The van der Waals surface area contributed by atoms with Gasteiger partial charge < -0.3 is 10.4 Å².